The molecule has 0 fully saturated rings. The summed E-state index contributed by atoms with van der Waals surface area (Å²) in [6.07, 6.45) is 2.76. The van der Waals surface area contributed by atoms with E-state index in [4.69, 9.17) is 26.1 Å². The quantitative estimate of drug-likeness (QED) is 0.154. The highest BCUT2D eigenvalue weighted by Crippen LogP contribution is 2.46. The third-order valence-corrected chi connectivity index (χ3v) is 10.0. The summed E-state index contributed by atoms with van der Waals surface area (Å²) < 4.78 is 67.5. The van der Waals surface area contributed by atoms with Gasteiger partial charge in [-0.05, 0) is 77.2 Å². The van der Waals surface area contributed by atoms with E-state index >= 15 is 0 Å². The zero-order valence-corrected chi connectivity index (χ0v) is 28.3. The van der Waals surface area contributed by atoms with E-state index in [0.717, 1.165) is 16.1 Å². The van der Waals surface area contributed by atoms with Crippen molar-refractivity contribution in [1.82, 2.24) is 9.88 Å². The number of anilines is 1. The minimum atomic E-state index is -3.83. The van der Waals surface area contributed by atoms with Crippen LogP contribution in [0.25, 0.3) is 10.9 Å². The summed E-state index contributed by atoms with van der Waals surface area (Å²) >= 11 is 6.31. The number of rotatable bonds is 10. The van der Waals surface area contributed by atoms with Gasteiger partial charge in [0.05, 0.1) is 24.6 Å². The van der Waals surface area contributed by atoms with E-state index in [1.165, 1.54) is 25.2 Å². The first-order valence-electron chi connectivity index (χ1n) is 15.0. The second-order valence-electron chi connectivity index (χ2n) is 11.8. The van der Waals surface area contributed by atoms with Crippen LogP contribution in [-0.4, -0.2) is 44.6 Å². The predicted molar refractivity (Wildman–Crippen MR) is 181 cm³/mol. The number of aryl methyl sites for hydroxylation is 1. The van der Waals surface area contributed by atoms with Gasteiger partial charge >= 0.3 is 0 Å². The molecule has 6 rings (SSSR count). The Morgan fingerprint density at radius 3 is 2.35 bits per heavy atom. The van der Waals surface area contributed by atoms with Gasteiger partial charge in [-0.1, -0.05) is 35.9 Å². The van der Waals surface area contributed by atoms with E-state index in [-0.39, 0.29) is 54.5 Å². The molecule has 0 bridgehead atoms. The standard InChI is InChI=1S/C36H32ClF2N3O5S/c1-21-13-31(39)25(16-30(21)37)14-24-15-28-33(40-17-24)35(47-20-23-7-11-27(46-3)12-8-23)32-29(34(28)41(2)48(4,44)45)19-42(36(32)43)18-22-5-9-26(38)10-6-22/h5-13,15-17H,14,18-20H2,1-4H3. The number of nitrogens with zero attached hydrogens (tertiary/aromatic N) is 3. The number of carbonyl (C=O) groups is 1. The van der Waals surface area contributed by atoms with Gasteiger partial charge in [-0.25, -0.2) is 17.2 Å². The Morgan fingerprint density at radius 2 is 1.69 bits per heavy atom. The van der Waals surface area contributed by atoms with Gasteiger partial charge in [-0.3, -0.25) is 14.1 Å². The van der Waals surface area contributed by atoms with E-state index in [2.05, 4.69) is 0 Å². The van der Waals surface area contributed by atoms with Gasteiger partial charge in [0.1, 0.15) is 29.5 Å². The third-order valence-electron chi connectivity index (χ3n) is 8.44. The molecule has 4 aromatic carbocycles. The number of hydrogen-bond donors (Lipinski definition) is 0. The van der Waals surface area contributed by atoms with Crippen molar-refractivity contribution in [2.75, 3.05) is 24.7 Å². The first kappa shape index (κ1) is 33.2. The van der Waals surface area contributed by atoms with Crippen LogP contribution in [0.15, 0.2) is 72.9 Å². The Bertz CT molecular complexity index is 2160. The Balaban J connectivity index is 1.52. The predicted octanol–water partition coefficient (Wildman–Crippen LogP) is 7.21. The van der Waals surface area contributed by atoms with Crippen LogP contribution < -0.4 is 13.8 Å². The summed E-state index contributed by atoms with van der Waals surface area (Å²) in [5.41, 5.74) is 4.22. The van der Waals surface area contributed by atoms with E-state index in [1.54, 1.807) is 61.5 Å². The van der Waals surface area contributed by atoms with E-state index in [0.29, 0.717) is 44.0 Å². The number of pyridine rings is 1. The van der Waals surface area contributed by atoms with Crippen molar-refractivity contribution in [1.29, 1.82) is 0 Å². The van der Waals surface area contributed by atoms with Crippen LogP contribution in [0.2, 0.25) is 5.02 Å². The molecule has 1 aromatic heterocycles. The largest absolute Gasteiger partial charge is 0.497 e. The molecule has 0 saturated carbocycles. The fourth-order valence-corrected chi connectivity index (χ4v) is 6.55. The summed E-state index contributed by atoms with van der Waals surface area (Å²) in [7, 11) is -0.839. The molecule has 48 heavy (non-hydrogen) atoms. The van der Waals surface area contributed by atoms with Gasteiger partial charge in [-0.2, -0.15) is 0 Å². The number of fused-ring (bicyclic) bond motifs is 2. The van der Waals surface area contributed by atoms with Gasteiger partial charge in [0.15, 0.2) is 5.75 Å². The highest BCUT2D eigenvalue weighted by molar-refractivity contribution is 7.92. The number of aromatic nitrogens is 1. The van der Waals surface area contributed by atoms with Crippen molar-refractivity contribution < 1.29 is 31.5 Å². The maximum atomic E-state index is 15.0. The Morgan fingerprint density at radius 1 is 1.00 bits per heavy atom. The lowest BCUT2D eigenvalue weighted by molar-refractivity contribution is 0.0763. The van der Waals surface area contributed by atoms with Crippen LogP contribution in [0.5, 0.6) is 11.5 Å². The third kappa shape index (κ3) is 6.52. The molecule has 12 heteroatoms. The van der Waals surface area contributed by atoms with Gasteiger partial charge in [-0.15, -0.1) is 0 Å². The van der Waals surface area contributed by atoms with E-state index < -0.39 is 21.7 Å². The summed E-state index contributed by atoms with van der Waals surface area (Å²) in [5.74, 6) is -0.340. The molecule has 0 radical (unpaired) electrons. The minimum absolute atomic E-state index is 0.0575. The van der Waals surface area contributed by atoms with Crippen molar-refractivity contribution in [2.24, 2.45) is 0 Å². The number of methoxy groups -OCH3 is 1. The Hall–Kier alpha value is -4.74. The van der Waals surface area contributed by atoms with Crippen molar-refractivity contribution in [3.05, 3.63) is 129 Å². The minimum Gasteiger partial charge on any atom is -0.497 e. The van der Waals surface area contributed by atoms with Crippen LogP contribution in [0, 0.1) is 18.6 Å². The van der Waals surface area contributed by atoms with E-state index in [9.17, 15) is 22.0 Å². The molecule has 0 aliphatic carbocycles. The van der Waals surface area contributed by atoms with Gasteiger partial charge in [0.2, 0.25) is 10.0 Å². The number of hydrogen-bond acceptors (Lipinski definition) is 6. The van der Waals surface area contributed by atoms with E-state index in [1.807, 2.05) is 12.1 Å². The van der Waals surface area contributed by atoms with Crippen LogP contribution in [-0.2, 0) is 36.1 Å². The normalized spacial score (nSPS) is 12.8. The second kappa shape index (κ2) is 13.0. The van der Waals surface area contributed by atoms with Gasteiger partial charge < -0.3 is 14.4 Å². The number of carbonyl (C=O) groups excluding carboxylic acids is 1. The molecule has 0 atom stereocenters. The SMILES string of the molecule is COc1ccc(COc2c3c(c(N(C)S(C)(=O)=O)c4cc(Cc5cc(Cl)c(C)cc5F)cnc24)CN(Cc2ccc(F)cc2)C3=O)cc1. The average molecular weight is 692 g/mol. The van der Waals surface area contributed by atoms with Crippen molar-refractivity contribution in [2.45, 2.75) is 33.0 Å². The number of sulfonamides is 1. The molecule has 0 unspecified atom stereocenters. The fourth-order valence-electron chi connectivity index (χ4n) is 5.83. The number of benzene rings is 4. The molecule has 0 spiro atoms. The number of ether oxygens (including phenoxy) is 2. The molecule has 2 heterocycles. The topological polar surface area (TPSA) is 89.0 Å². The average Bonchev–Trinajstić information content (AvgIpc) is 3.37. The van der Waals surface area contributed by atoms with Crippen LogP contribution in [0.1, 0.15) is 43.7 Å². The highest BCUT2D eigenvalue weighted by Gasteiger charge is 2.38. The Labute approximate surface area is 282 Å². The molecule has 5 aromatic rings. The molecule has 1 amide bonds. The van der Waals surface area contributed by atoms with Gasteiger partial charge in [0, 0.05) is 48.7 Å². The van der Waals surface area contributed by atoms with Crippen molar-refractivity contribution in [3.8, 4) is 11.5 Å². The van der Waals surface area contributed by atoms with Crippen molar-refractivity contribution >= 4 is 44.1 Å². The monoisotopic (exact) mass is 691 g/mol. The molecule has 248 valence electrons. The zero-order chi connectivity index (χ0) is 34.3. The molecule has 8 nitrogen and oxygen atoms in total. The Kier molecular flexibility index (Phi) is 9.02. The molecule has 0 N–H and O–H groups in total. The van der Waals surface area contributed by atoms with Gasteiger partial charge in [0.25, 0.3) is 5.91 Å². The first-order valence-corrected chi connectivity index (χ1v) is 17.2. The van der Waals surface area contributed by atoms with Crippen LogP contribution in [0.3, 0.4) is 0 Å². The summed E-state index contributed by atoms with van der Waals surface area (Å²) in [6, 6.07) is 17.8. The summed E-state index contributed by atoms with van der Waals surface area (Å²) in [4.78, 5) is 20.4. The lowest BCUT2D eigenvalue weighted by Gasteiger charge is -2.24. The lowest BCUT2D eigenvalue weighted by atomic mass is 9.98. The number of amides is 1. The maximum Gasteiger partial charge on any atom is 0.258 e. The fraction of sp³-hybridized carbons (Fsp3) is 0.222. The zero-order valence-electron chi connectivity index (χ0n) is 26.7. The van der Waals surface area contributed by atoms with Crippen LogP contribution >= 0.6 is 11.6 Å². The van der Waals surface area contributed by atoms with Crippen molar-refractivity contribution in [3.63, 3.8) is 0 Å². The molecule has 0 saturated heterocycles. The molecular formula is C36H32ClF2N3O5S. The smallest absolute Gasteiger partial charge is 0.258 e. The summed E-state index contributed by atoms with van der Waals surface area (Å²) in [6.45, 7) is 2.00. The maximum absolute atomic E-state index is 15.0. The molecular weight excluding hydrogens is 660 g/mol. The molecule has 1 aliphatic heterocycles. The number of halogens is 3. The van der Waals surface area contributed by atoms with Crippen LogP contribution in [0.4, 0.5) is 14.5 Å². The summed E-state index contributed by atoms with van der Waals surface area (Å²) in [5, 5.41) is 0.836. The highest BCUT2D eigenvalue weighted by atomic mass is 35.5. The molecule has 1 aliphatic rings. The second-order valence-corrected chi connectivity index (χ2v) is 14.2. The lowest BCUT2D eigenvalue weighted by Crippen LogP contribution is -2.26. The first-order chi connectivity index (χ1) is 22.8.